The van der Waals surface area contributed by atoms with Crippen LogP contribution in [0.2, 0.25) is 0 Å². The van der Waals surface area contributed by atoms with Gasteiger partial charge in [0.1, 0.15) is 0 Å². The Morgan fingerprint density at radius 2 is 1.89 bits per heavy atom. The molecule has 1 spiro atoms. The molecule has 0 aromatic heterocycles. The lowest BCUT2D eigenvalue weighted by atomic mass is 9.74. The smallest absolute Gasteiger partial charge is 0.0697 e. The van der Waals surface area contributed by atoms with Gasteiger partial charge in [-0.2, -0.15) is 0 Å². The van der Waals surface area contributed by atoms with E-state index in [1.165, 1.54) is 70.8 Å². The minimum absolute atomic E-state index is 0.302. The molecule has 1 saturated heterocycles. The van der Waals surface area contributed by atoms with Crippen LogP contribution in [0.25, 0.3) is 0 Å². The van der Waals surface area contributed by atoms with Crippen LogP contribution in [0.3, 0.4) is 0 Å². The summed E-state index contributed by atoms with van der Waals surface area (Å²) in [6, 6.07) is 0.733. The van der Waals surface area contributed by atoms with Crippen molar-refractivity contribution in [1.29, 1.82) is 0 Å². The first-order valence-electron chi connectivity index (χ1n) is 8.63. The molecule has 1 heterocycles. The van der Waals surface area contributed by atoms with Crippen LogP contribution in [0.15, 0.2) is 0 Å². The minimum atomic E-state index is 0.302. The standard InChI is InChI=1S/C17H31NO/c1-14-3-5-15(6-4-14)7-11-18-16-8-12-19-17(13-16)9-2-10-17/h14-16,18H,2-13H2,1H3. The first-order chi connectivity index (χ1) is 9.26. The highest BCUT2D eigenvalue weighted by Gasteiger charge is 2.42. The number of hydrogen-bond acceptors (Lipinski definition) is 2. The molecule has 3 aliphatic rings. The van der Waals surface area contributed by atoms with Crippen LogP contribution in [-0.4, -0.2) is 24.8 Å². The summed E-state index contributed by atoms with van der Waals surface area (Å²) < 4.78 is 6.00. The Morgan fingerprint density at radius 3 is 2.58 bits per heavy atom. The molecule has 0 radical (unpaired) electrons. The molecule has 1 aliphatic heterocycles. The van der Waals surface area contributed by atoms with Gasteiger partial charge in [0.15, 0.2) is 0 Å². The van der Waals surface area contributed by atoms with Crippen LogP contribution >= 0.6 is 0 Å². The summed E-state index contributed by atoms with van der Waals surface area (Å²) in [4.78, 5) is 0. The lowest BCUT2D eigenvalue weighted by Gasteiger charge is -2.47. The highest BCUT2D eigenvalue weighted by molar-refractivity contribution is 4.96. The molecule has 2 heteroatoms. The van der Waals surface area contributed by atoms with E-state index in [0.717, 1.165) is 24.5 Å². The fraction of sp³-hybridized carbons (Fsp3) is 1.00. The first kappa shape index (κ1) is 13.9. The van der Waals surface area contributed by atoms with Crippen LogP contribution in [0.5, 0.6) is 0 Å². The lowest BCUT2D eigenvalue weighted by Crippen LogP contribution is -2.51. The average molecular weight is 265 g/mol. The maximum Gasteiger partial charge on any atom is 0.0697 e. The van der Waals surface area contributed by atoms with E-state index in [4.69, 9.17) is 4.74 Å². The minimum Gasteiger partial charge on any atom is -0.375 e. The molecule has 0 aromatic rings. The molecule has 2 aliphatic carbocycles. The third kappa shape index (κ3) is 3.52. The Hall–Kier alpha value is -0.0800. The molecule has 0 bridgehead atoms. The van der Waals surface area contributed by atoms with Crippen molar-refractivity contribution in [3.63, 3.8) is 0 Å². The Labute approximate surface area is 118 Å². The van der Waals surface area contributed by atoms with Crippen LogP contribution in [-0.2, 0) is 4.74 Å². The van der Waals surface area contributed by atoms with Gasteiger partial charge in [0, 0.05) is 12.6 Å². The van der Waals surface area contributed by atoms with E-state index < -0.39 is 0 Å². The van der Waals surface area contributed by atoms with Gasteiger partial charge in [-0.15, -0.1) is 0 Å². The van der Waals surface area contributed by atoms with E-state index in [0.29, 0.717) is 5.60 Å². The van der Waals surface area contributed by atoms with Crippen molar-refractivity contribution in [3.8, 4) is 0 Å². The summed E-state index contributed by atoms with van der Waals surface area (Å²) in [6.07, 6.45) is 13.8. The van der Waals surface area contributed by atoms with E-state index in [1.54, 1.807) is 0 Å². The van der Waals surface area contributed by atoms with Gasteiger partial charge in [0.05, 0.1) is 5.60 Å². The molecule has 1 N–H and O–H groups in total. The second-order valence-electron chi connectivity index (χ2n) is 7.44. The van der Waals surface area contributed by atoms with Crippen molar-refractivity contribution in [3.05, 3.63) is 0 Å². The van der Waals surface area contributed by atoms with Crippen LogP contribution in [0, 0.1) is 11.8 Å². The Morgan fingerprint density at radius 1 is 1.11 bits per heavy atom. The predicted octanol–water partition coefficient (Wildman–Crippen LogP) is 3.89. The molecular weight excluding hydrogens is 234 g/mol. The fourth-order valence-electron chi connectivity index (χ4n) is 4.23. The van der Waals surface area contributed by atoms with Crippen molar-refractivity contribution in [1.82, 2.24) is 5.32 Å². The summed E-state index contributed by atoms with van der Waals surface area (Å²) in [5, 5.41) is 3.82. The second-order valence-corrected chi connectivity index (χ2v) is 7.44. The van der Waals surface area contributed by atoms with Crippen molar-refractivity contribution in [2.45, 2.75) is 82.8 Å². The Kier molecular flexibility index (Phi) is 4.48. The number of rotatable bonds is 4. The predicted molar refractivity (Wildman–Crippen MR) is 79.3 cm³/mol. The normalized spacial score (nSPS) is 38.1. The van der Waals surface area contributed by atoms with Gasteiger partial charge in [0.25, 0.3) is 0 Å². The van der Waals surface area contributed by atoms with Crippen LogP contribution in [0.1, 0.15) is 71.1 Å². The molecule has 1 atom stereocenters. The summed E-state index contributed by atoms with van der Waals surface area (Å²) in [6.45, 7) is 4.63. The van der Waals surface area contributed by atoms with Gasteiger partial charge in [-0.3, -0.25) is 0 Å². The highest BCUT2D eigenvalue weighted by atomic mass is 16.5. The van der Waals surface area contributed by atoms with Gasteiger partial charge in [-0.1, -0.05) is 32.6 Å². The molecule has 3 fully saturated rings. The van der Waals surface area contributed by atoms with Gasteiger partial charge >= 0.3 is 0 Å². The van der Waals surface area contributed by atoms with E-state index in [9.17, 15) is 0 Å². The van der Waals surface area contributed by atoms with Crippen LogP contribution < -0.4 is 5.32 Å². The molecule has 3 rings (SSSR count). The van der Waals surface area contributed by atoms with E-state index >= 15 is 0 Å². The Balaban J connectivity index is 1.33. The summed E-state index contributed by atoms with van der Waals surface area (Å²) in [7, 11) is 0. The van der Waals surface area contributed by atoms with Gasteiger partial charge in [0.2, 0.25) is 0 Å². The van der Waals surface area contributed by atoms with Crippen molar-refractivity contribution < 1.29 is 4.74 Å². The molecule has 1 unspecified atom stereocenters. The number of ether oxygens (including phenoxy) is 1. The van der Waals surface area contributed by atoms with Crippen LogP contribution in [0.4, 0.5) is 0 Å². The lowest BCUT2D eigenvalue weighted by molar-refractivity contribution is -0.135. The van der Waals surface area contributed by atoms with Crippen molar-refractivity contribution in [2.24, 2.45) is 11.8 Å². The molecule has 19 heavy (non-hydrogen) atoms. The second kappa shape index (κ2) is 6.13. The van der Waals surface area contributed by atoms with Gasteiger partial charge < -0.3 is 10.1 Å². The molecule has 0 aromatic carbocycles. The molecular formula is C17H31NO. The molecule has 110 valence electrons. The maximum atomic E-state index is 6.00. The number of nitrogens with one attached hydrogen (secondary N) is 1. The zero-order chi connectivity index (χ0) is 13.1. The third-order valence-electron chi connectivity index (χ3n) is 5.88. The molecule has 2 nitrogen and oxygen atoms in total. The van der Waals surface area contributed by atoms with Crippen molar-refractivity contribution in [2.75, 3.05) is 13.2 Å². The van der Waals surface area contributed by atoms with E-state index in [-0.39, 0.29) is 0 Å². The zero-order valence-corrected chi connectivity index (χ0v) is 12.6. The summed E-state index contributed by atoms with van der Waals surface area (Å²) in [5.41, 5.74) is 0.302. The van der Waals surface area contributed by atoms with E-state index in [1.807, 2.05) is 0 Å². The van der Waals surface area contributed by atoms with E-state index in [2.05, 4.69) is 12.2 Å². The third-order valence-corrected chi connectivity index (χ3v) is 5.88. The topological polar surface area (TPSA) is 21.3 Å². The highest BCUT2D eigenvalue weighted by Crippen LogP contribution is 2.42. The Bertz CT molecular complexity index is 279. The number of hydrogen-bond donors (Lipinski definition) is 1. The monoisotopic (exact) mass is 265 g/mol. The van der Waals surface area contributed by atoms with Gasteiger partial charge in [-0.25, -0.2) is 0 Å². The first-order valence-corrected chi connectivity index (χ1v) is 8.63. The summed E-state index contributed by atoms with van der Waals surface area (Å²) >= 11 is 0. The fourth-order valence-corrected chi connectivity index (χ4v) is 4.23. The van der Waals surface area contributed by atoms with Gasteiger partial charge in [-0.05, 0) is 56.9 Å². The molecule has 0 amide bonds. The summed E-state index contributed by atoms with van der Waals surface area (Å²) in [5.74, 6) is 1.99. The maximum absolute atomic E-state index is 6.00. The quantitative estimate of drug-likeness (QED) is 0.832. The zero-order valence-electron chi connectivity index (χ0n) is 12.6. The largest absolute Gasteiger partial charge is 0.375 e. The average Bonchev–Trinajstić information content (AvgIpc) is 2.40. The van der Waals surface area contributed by atoms with Crippen molar-refractivity contribution >= 4 is 0 Å². The molecule has 2 saturated carbocycles. The SMILES string of the molecule is CC1CCC(CCNC2CCOC3(CCC3)C2)CC1.